The van der Waals surface area contributed by atoms with Crippen molar-refractivity contribution < 1.29 is 4.79 Å². The van der Waals surface area contributed by atoms with Crippen LogP contribution in [0.3, 0.4) is 0 Å². The van der Waals surface area contributed by atoms with Crippen molar-refractivity contribution >= 4 is 33.5 Å². The summed E-state index contributed by atoms with van der Waals surface area (Å²) in [7, 11) is 0. The second-order valence-electron chi connectivity index (χ2n) is 4.90. The van der Waals surface area contributed by atoms with Crippen molar-refractivity contribution in [2.24, 2.45) is 0 Å². The van der Waals surface area contributed by atoms with E-state index in [1.165, 1.54) is 12.4 Å². The van der Waals surface area contributed by atoms with Crippen molar-refractivity contribution in [3.8, 4) is 0 Å². The molecule has 0 atom stereocenters. The molecule has 0 fully saturated rings. The number of nitrogens with one attached hydrogen (secondary N) is 2. The zero-order valence-electron chi connectivity index (χ0n) is 12.6. The fourth-order valence-electron chi connectivity index (χ4n) is 1.97. The Kier molecular flexibility index (Phi) is 5.12. The smallest absolute Gasteiger partial charge is 0.258 e. The van der Waals surface area contributed by atoms with Crippen LogP contribution in [0.5, 0.6) is 0 Å². The average molecular weight is 384 g/mol. The number of benzene rings is 1. The van der Waals surface area contributed by atoms with Gasteiger partial charge in [0.25, 0.3) is 5.91 Å². The summed E-state index contributed by atoms with van der Waals surface area (Å²) in [5.41, 5.74) is 1.96. The first-order valence-electron chi connectivity index (χ1n) is 7.24. The van der Waals surface area contributed by atoms with Gasteiger partial charge in [-0.3, -0.25) is 9.78 Å². The molecule has 1 amide bonds. The van der Waals surface area contributed by atoms with Gasteiger partial charge in [-0.1, -0.05) is 18.2 Å². The van der Waals surface area contributed by atoms with Crippen LogP contribution in [-0.2, 0) is 6.54 Å². The van der Waals surface area contributed by atoms with Crippen molar-refractivity contribution in [2.75, 3.05) is 10.6 Å². The van der Waals surface area contributed by atoms with E-state index in [0.717, 1.165) is 10.2 Å². The summed E-state index contributed by atoms with van der Waals surface area (Å²) < 4.78 is 0.813. The average Bonchev–Trinajstić information content (AvgIpc) is 2.63. The van der Waals surface area contributed by atoms with Crippen molar-refractivity contribution in [1.29, 1.82) is 0 Å². The number of hydrogen-bond donors (Lipinski definition) is 2. The van der Waals surface area contributed by atoms with Gasteiger partial charge in [-0.25, -0.2) is 9.97 Å². The molecule has 3 rings (SSSR count). The van der Waals surface area contributed by atoms with Gasteiger partial charge in [-0.15, -0.1) is 0 Å². The number of hydrogen-bond acceptors (Lipinski definition) is 5. The van der Waals surface area contributed by atoms with Crippen LogP contribution in [0.1, 0.15) is 16.1 Å². The highest BCUT2D eigenvalue weighted by atomic mass is 79.9. The minimum absolute atomic E-state index is 0.266. The summed E-state index contributed by atoms with van der Waals surface area (Å²) in [5, 5.41) is 5.87. The van der Waals surface area contributed by atoms with E-state index < -0.39 is 0 Å². The van der Waals surface area contributed by atoms with E-state index in [1.54, 1.807) is 6.20 Å². The molecule has 0 aliphatic carbocycles. The second kappa shape index (κ2) is 7.65. The monoisotopic (exact) mass is 383 g/mol. The van der Waals surface area contributed by atoms with E-state index in [2.05, 4.69) is 41.5 Å². The molecule has 0 bridgehead atoms. The van der Waals surface area contributed by atoms with Gasteiger partial charge in [0.2, 0.25) is 5.95 Å². The van der Waals surface area contributed by atoms with E-state index in [9.17, 15) is 4.79 Å². The standard InChI is InChI=1S/C17H14BrN5O/c18-14-6-1-2-7-15(14)23-16(24)12-9-20-17(21-10-12)22-11-13-5-3-4-8-19-13/h1-10H,11H2,(H,23,24)(H,20,21,22). The normalized spacial score (nSPS) is 10.2. The molecule has 6 nitrogen and oxygen atoms in total. The third-order valence-corrected chi connectivity index (χ3v) is 3.88. The van der Waals surface area contributed by atoms with Gasteiger partial charge in [-0.2, -0.15) is 0 Å². The molecule has 1 aromatic carbocycles. The molecule has 0 saturated heterocycles. The van der Waals surface area contributed by atoms with Gasteiger partial charge < -0.3 is 10.6 Å². The lowest BCUT2D eigenvalue weighted by Gasteiger charge is -2.07. The molecule has 24 heavy (non-hydrogen) atoms. The number of carbonyl (C=O) groups is 1. The number of para-hydroxylation sites is 1. The highest BCUT2D eigenvalue weighted by Crippen LogP contribution is 2.21. The molecule has 3 aromatic rings. The highest BCUT2D eigenvalue weighted by molar-refractivity contribution is 9.10. The Morgan fingerprint density at radius 1 is 1.00 bits per heavy atom. The van der Waals surface area contributed by atoms with E-state index in [-0.39, 0.29) is 5.91 Å². The maximum Gasteiger partial charge on any atom is 0.258 e. The Labute approximate surface area is 147 Å². The lowest BCUT2D eigenvalue weighted by atomic mass is 10.3. The summed E-state index contributed by atoms with van der Waals surface area (Å²) in [4.78, 5) is 24.7. The first-order valence-corrected chi connectivity index (χ1v) is 8.03. The molecule has 0 aliphatic heterocycles. The summed E-state index contributed by atoms with van der Waals surface area (Å²) >= 11 is 3.39. The number of aromatic nitrogens is 3. The first-order chi connectivity index (χ1) is 11.7. The number of carbonyl (C=O) groups excluding carboxylic acids is 1. The van der Waals surface area contributed by atoms with E-state index in [1.807, 2.05) is 42.5 Å². The Morgan fingerprint density at radius 2 is 1.75 bits per heavy atom. The van der Waals surface area contributed by atoms with Gasteiger partial charge in [0.1, 0.15) is 0 Å². The van der Waals surface area contributed by atoms with Crippen molar-refractivity contribution in [3.63, 3.8) is 0 Å². The fraction of sp³-hybridized carbons (Fsp3) is 0.0588. The summed E-state index contributed by atoms with van der Waals surface area (Å²) in [6.45, 7) is 0.517. The maximum absolute atomic E-state index is 12.2. The molecular formula is C17H14BrN5O. The van der Waals surface area contributed by atoms with Crippen LogP contribution in [0, 0.1) is 0 Å². The molecular weight excluding hydrogens is 370 g/mol. The molecule has 0 unspecified atom stereocenters. The predicted molar refractivity (Wildman–Crippen MR) is 95.7 cm³/mol. The van der Waals surface area contributed by atoms with Crippen LogP contribution in [-0.4, -0.2) is 20.9 Å². The topological polar surface area (TPSA) is 79.8 Å². The maximum atomic E-state index is 12.2. The van der Waals surface area contributed by atoms with Crippen molar-refractivity contribution in [3.05, 3.63) is 76.8 Å². The minimum Gasteiger partial charge on any atom is -0.349 e. The largest absolute Gasteiger partial charge is 0.349 e. The molecule has 2 N–H and O–H groups in total. The molecule has 2 aromatic heterocycles. The number of pyridine rings is 1. The number of amides is 1. The molecule has 0 radical (unpaired) electrons. The Balaban J connectivity index is 1.61. The lowest BCUT2D eigenvalue weighted by Crippen LogP contribution is -2.14. The third kappa shape index (κ3) is 4.14. The molecule has 0 spiro atoms. The van der Waals surface area contributed by atoms with Gasteiger partial charge in [-0.05, 0) is 40.2 Å². The Morgan fingerprint density at radius 3 is 2.46 bits per heavy atom. The van der Waals surface area contributed by atoms with Crippen LogP contribution >= 0.6 is 15.9 Å². The summed E-state index contributed by atoms with van der Waals surface area (Å²) in [6, 6.07) is 13.1. The third-order valence-electron chi connectivity index (χ3n) is 3.19. The van der Waals surface area contributed by atoms with Crippen LogP contribution in [0.25, 0.3) is 0 Å². The SMILES string of the molecule is O=C(Nc1ccccc1Br)c1cnc(NCc2ccccn2)nc1. The predicted octanol–water partition coefficient (Wildman–Crippen LogP) is 3.50. The van der Waals surface area contributed by atoms with Gasteiger partial charge in [0.05, 0.1) is 23.5 Å². The van der Waals surface area contributed by atoms with E-state index in [0.29, 0.717) is 23.7 Å². The molecule has 2 heterocycles. The van der Waals surface area contributed by atoms with Crippen molar-refractivity contribution in [2.45, 2.75) is 6.54 Å². The zero-order valence-corrected chi connectivity index (χ0v) is 14.2. The first kappa shape index (κ1) is 16.1. The van der Waals surface area contributed by atoms with Gasteiger partial charge in [0.15, 0.2) is 0 Å². The Bertz CT molecular complexity index is 824. The lowest BCUT2D eigenvalue weighted by molar-refractivity contribution is 0.102. The number of halogens is 1. The van der Waals surface area contributed by atoms with Gasteiger partial charge >= 0.3 is 0 Å². The number of rotatable bonds is 5. The Hall–Kier alpha value is -2.80. The number of nitrogens with zero attached hydrogens (tertiary/aromatic N) is 3. The molecule has 0 saturated carbocycles. The highest BCUT2D eigenvalue weighted by Gasteiger charge is 2.09. The quantitative estimate of drug-likeness (QED) is 0.704. The van der Waals surface area contributed by atoms with Crippen LogP contribution in [0.15, 0.2) is 65.5 Å². The van der Waals surface area contributed by atoms with Crippen LogP contribution in [0.4, 0.5) is 11.6 Å². The van der Waals surface area contributed by atoms with E-state index in [4.69, 9.17) is 0 Å². The summed E-state index contributed by atoms with van der Waals surface area (Å²) in [6.07, 6.45) is 4.70. The van der Waals surface area contributed by atoms with E-state index >= 15 is 0 Å². The molecule has 7 heteroatoms. The minimum atomic E-state index is -0.266. The second-order valence-corrected chi connectivity index (χ2v) is 5.76. The zero-order chi connectivity index (χ0) is 16.8. The molecule has 0 aliphatic rings. The fourth-order valence-corrected chi connectivity index (χ4v) is 2.35. The van der Waals surface area contributed by atoms with Gasteiger partial charge in [0, 0.05) is 23.1 Å². The van der Waals surface area contributed by atoms with Crippen molar-refractivity contribution in [1.82, 2.24) is 15.0 Å². The van der Waals surface area contributed by atoms with Crippen LogP contribution < -0.4 is 10.6 Å². The molecule has 120 valence electrons. The number of anilines is 2. The van der Waals surface area contributed by atoms with Crippen LogP contribution in [0.2, 0.25) is 0 Å². The summed E-state index contributed by atoms with van der Waals surface area (Å²) in [5.74, 6) is 0.177.